The smallest absolute Gasteiger partial charge is 0.316 e. The molecular weight excluding hydrogens is 400 g/mol. The fraction of sp³-hybridized carbons (Fsp3) is 0.625. The molecule has 0 bridgehead atoms. The Morgan fingerprint density at radius 1 is 1.03 bits per heavy atom. The number of benzene rings is 1. The van der Waals surface area contributed by atoms with Gasteiger partial charge in [0.1, 0.15) is 5.60 Å². The number of unbranched alkanes of at least 4 members (excludes halogenated alkanes) is 2. The van der Waals surface area contributed by atoms with E-state index in [1.807, 2.05) is 52.0 Å². The third-order valence-corrected chi connectivity index (χ3v) is 5.59. The fourth-order valence-corrected chi connectivity index (χ4v) is 3.77. The number of ether oxygens (including phenoxy) is 2. The van der Waals surface area contributed by atoms with Crippen molar-refractivity contribution in [3.8, 4) is 0 Å². The van der Waals surface area contributed by atoms with E-state index in [0.717, 1.165) is 36.1 Å². The van der Waals surface area contributed by atoms with Crippen molar-refractivity contribution in [2.45, 2.75) is 84.7 Å². The lowest BCUT2D eigenvalue weighted by Crippen LogP contribution is -2.39. The minimum atomic E-state index is -0.814. The molecule has 30 heavy (non-hydrogen) atoms. The van der Waals surface area contributed by atoms with Gasteiger partial charge in [-0.3, -0.25) is 14.4 Å². The normalized spacial score (nSPS) is 13.4. The van der Waals surface area contributed by atoms with Crippen molar-refractivity contribution >= 4 is 28.8 Å². The quantitative estimate of drug-likeness (QED) is 0.349. The van der Waals surface area contributed by atoms with Crippen LogP contribution in [0, 0.1) is 0 Å². The van der Waals surface area contributed by atoms with Gasteiger partial charge >= 0.3 is 11.9 Å². The number of carbonyl (C=O) groups excluding carboxylic acids is 3. The van der Waals surface area contributed by atoms with Crippen molar-refractivity contribution in [1.29, 1.82) is 0 Å². The second kappa shape index (κ2) is 12.1. The Labute approximate surface area is 185 Å². The zero-order valence-corrected chi connectivity index (χ0v) is 20.0. The predicted molar refractivity (Wildman–Crippen MR) is 122 cm³/mol. The average Bonchev–Trinajstić information content (AvgIpc) is 2.63. The molecule has 0 heterocycles. The molecule has 1 aromatic carbocycles. The number of thioether (sulfide) groups is 1. The van der Waals surface area contributed by atoms with E-state index in [-0.39, 0.29) is 23.5 Å². The van der Waals surface area contributed by atoms with Gasteiger partial charge in [-0.05, 0) is 58.6 Å². The van der Waals surface area contributed by atoms with E-state index < -0.39 is 11.0 Å². The maximum Gasteiger partial charge on any atom is 0.316 e. The Morgan fingerprint density at radius 2 is 1.73 bits per heavy atom. The van der Waals surface area contributed by atoms with Crippen LogP contribution in [0.4, 0.5) is 0 Å². The van der Waals surface area contributed by atoms with Crippen LogP contribution in [0.15, 0.2) is 24.3 Å². The lowest BCUT2D eigenvalue weighted by Gasteiger charge is -2.32. The van der Waals surface area contributed by atoms with Crippen LogP contribution in [0.25, 0.3) is 0 Å². The van der Waals surface area contributed by atoms with Crippen LogP contribution in [0.3, 0.4) is 0 Å². The van der Waals surface area contributed by atoms with Gasteiger partial charge in [0.2, 0.25) is 0 Å². The Kier molecular flexibility index (Phi) is 10.6. The van der Waals surface area contributed by atoms with Gasteiger partial charge in [-0.1, -0.05) is 48.9 Å². The van der Waals surface area contributed by atoms with E-state index in [9.17, 15) is 14.4 Å². The molecule has 0 saturated heterocycles. The van der Waals surface area contributed by atoms with Crippen LogP contribution in [0.5, 0.6) is 0 Å². The van der Waals surface area contributed by atoms with Gasteiger partial charge in [0.15, 0.2) is 5.12 Å². The lowest BCUT2D eigenvalue weighted by molar-refractivity contribution is -0.162. The summed E-state index contributed by atoms with van der Waals surface area (Å²) in [6.45, 7) is 11.2. The SMILES string of the molecule is CCOC(=O)Cc1cccc(C(C)(CCCCCSC(C)=O)C(=O)OC(C)(C)C)c1. The molecule has 1 rings (SSSR count). The fourth-order valence-electron chi connectivity index (χ4n) is 3.13. The summed E-state index contributed by atoms with van der Waals surface area (Å²) in [4.78, 5) is 36.1. The molecule has 1 aromatic rings. The van der Waals surface area contributed by atoms with Gasteiger partial charge in [0.25, 0.3) is 0 Å². The number of esters is 2. The number of hydrogen-bond donors (Lipinski definition) is 0. The van der Waals surface area contributed by atoms with Gasteiger partial charge in [0.05, 0.1) is 18.4 Å². The predicted octanol–water partition coefficient (Wildman–Crippen LogP) is 5.23. The highest BCUT2D eigenvalue weighted by Crippen LogP contribution is 2.34. The maximum atomic E-state index is 13.2. The second-order valence-electron chi connectivity index (χ2n) is 8.67. The summed E-state index contributed by atoms with van der Waals surface area (Å²) in [6, 6.07) is 7.57. The first kappa shape index (κ1) is 26.2. The van der Waals surface area contributed by atoms with Crippen LogP contribution in [-0.2, 0) is 35.7 Å². The molecule has 0 saturated carbocycles. The molecule has 0 aromatic heterocycles. The molecule has 0 radical (unpaired) electrons. The van der Waals surface area contributed by atoms with Gasteiger partial charge in [0, 0.05) is 12.7 Å². The van der Waals surface area contributed by atoms with Crippen LogP contribution in [0.1, 0.15) is 78.4 Å². The molecule has 0 aliphatic heterocycles. The zero-order valence-electron chi connectivity index (χ0n) is 19.2. The molecule has 0 aliphatic rings. The standard InChI is InChI=1S/C24H36O5S/c1-7-28-21(26)17-19-12-11-13-20(16-19)24(6,22(27)29-23(3,4)5)14-9-8-10-15-30-18(2)25/h11-13,16H,7-10,14-15,17H2,1-6H3. The molecule has 5 nitrogen and oxygen atoms in total. The van der Waals surface area contributed by atoms with E-state index in [4.69, 9.17) is 9.47 Å². The van der Waals surface area contributed by atoms with Crippen LogP contribution < -0.4 is 0 Å². The highest BCUT2D eigenvalue weighted by atomic mass is 32.2. The second-order valence-corrected chi connectivity index (χ2v) is 9.94. The molecular formula is C24H36O5S. The summed E-state index contributed by atoms with van der Waals surface area (Å²) >= 11 is 1.34. The Morgan fingerprint density at radius 3 is 2.33 bits per heavy atom. The van der Waals surface area contributed by atoms with Gasteiger partial charge < -0.3 is 9.47 Å². The molecule has 1 unspecified atom stereocenters. The van der Waals surface area contributed by atoms with E-state index in [0.29, 0.717) is 13.0 Å². The largest absolute Gasteiger partial charge is 0.466 e. The molecule has 1 atom stereocenters. The third kappa shape index (κ3) is 9.33. The number of hydrogen-bond acceptors (Lipinski definition) is 6. The molecule has 168 valence electrons. The highest BCUT2D eigenvalue weighted by molar-refractivity contribution is 8.13. The van der Waals surface area contributed by atoms with Gasteiger partial charge in [-0.25, -0.2) is 0 Å². The third-order valence-electron chi connectivity index (χ3n) is 4.69. The number of rotatable bonds is 11. The van der Waals surface area contributed by atoms with Crippen molar-refractivity contribution in [1.82, 2.24) is 0 Å². The van der Waals surface area contributed by atoms with E-state index in [1.165, 1.54) is 11.8 Å². The lowest BCUT2D eigenvalue weighted by atomic mass is 9.77. The van der Waals surface area contributed by atoms with E-state index in [2.05, 4.69) is 0 Å². The highest BCUT2D eigenvalue weighted by Gasteiger charge is 2.38. The maximum absolute atomic E-state index is 13.2. The number of carbonyl (C=O) groups is 3. The monoisotopic (exact) mass is 436 g/mol. The molecule has 0 spiro atoms. The van der Waals surface area contributed by atoms with E-state index in [1.54, 1.807) is 13.8 Å². The summed E-state index contributed by atoms with van der Waals surface area (Å²) in [7, 11) is 0. The molecule has 0 amide bonds. The molecule has 0 N–H and O–H groups in total. The van der Waals surface area contributed by atoms with Crippen LogP contribution in [0.2, 0.25) is 0 Å². The average molecular weight is 437 g/mol. The minimum absolute atomic E-state index is 0.131. The van der Waals surface area contributed by atoms with Gasteiger partial charge in [-0.2, -0.15) is 0 Å². The first-order valence-electron chi connectivity index (χ1n) is 10.6. The molecule has 6 heteroatoms. The summed E-state index contributed by atoms with van der Waals surface area (Å²) in [5.74, 6) is 0.256. The van der Waals surface area contributed by atoms with Crippen LogP contribution >= 0.6 is 11.8 Å². The van der Waals surface area contributed by atoms with Crippen molar-refractivity contribution in [3.63, 3.8) is 0 Å². The molecule has 0 fully saturated rings. The van der Waals surface area contributed by atoms with Crippen molar-refractivity contribution < 1.29 is 23.9 Å². The topological polar surface area (TPSA) is 69.7 Å². The summed E-state index contributed by atoms with van der Waals surface area (Å²) in [5, 5.41) is 0.131. The first-order valence-corrected chi connectivity index (χ1v) is 11.6. The summed E-state index contributed by atoms with van der Waals surface area (Å²) in [5.41, 5.74) is 0.264. The Hall–Kier alpha value is -1.82. The van der Waals surface area contributed by atoms with Crippen molar-refractivity contribution in [3.05, 3.63) is 35.4 Å². The minimum Gasteiger partial charge on any atom is -0.466 e. The summed E-state index contributed by atoms with van der Waals surface area (Å²) in [6.07, 6.45) is 3.51. The summed E-state index contributed by atoms with van der Waals surface area (Å²) < 4.78 is 10.8. The Balaban J connectivity index is 2.98. The van der Waals surface area contributed by atoms with Crippen LogP contribution in [-0.4, -0.2) is 35.0 Å². The van der Waals surface area contributed by atoms with Gasteiger partial charge in [-0.15, -0.1) is 0 Å². The first-order chi connectivity index (χ1) is 14.0. The molecule has 0 aliphatic carbocycles. The van der Waals surface area contributed by atoms with Crippen molar-refractivity contribution in [2.24, 2.45) is 0 Å². The zero-order chi connectivity index (χ0) is 22.8. The van der Waals surface area contributed by atoms with E-state index >= 15 is 0 Å². The van der Waals surface area contributed by atoms with Crippen molar-refractivity contribution in [2.75, 3.05) is 12.4 Å². The Bertz CT molecular complexity index is 723.